The number of nitrogens with one attached hydrogen (secondary N) is 1. The first-order valence-corrected chi connectivity index (χ1v) is 9.93. The van der Waals surface area contributed by atoms with Gasteiger partial charge >= 0.3 is 0 Å². The van der Waals surface area contributed by atoms with Crippen LogP contribution in [0.1, 0.15) is 18.5 Å². The predicted octanol–water partition coefficient (Wildman–Crippen LogP) is 2.79. The lowest BCUT2D eigenvalue weighted by Crippen LogP contribution is -2.54. The second kappa shape index (κ2) is 9.51. The van der Waals surface area contributed by atoms with Crippen molar-refractivity contribution in [3.63, 3.8) is 0 Å². The van der Waals surface area contributed by atoms with E-state index < -0.39 is 29.6 Å². The molecule has 1 fully saturated rings. The summed E-state index contributed by atoms with van der Waals surface area (Å²) in [7, 11) is 0. The molecule has 1 saturated heterocycles. The number of carbonyl (C=O) groups excluding carboxylic acids is 2. The minimum Gasteiger partial charge on any atom is -0.368 e. The molecule has 3 N–H and O–H groups in total. The lowest BCUT2D eigenvalue weighted by molar-refractivity contribution is -0.126. The van der Waals surface area contributed by atoms with Crippen LogP contribution in [-0.2, 0) is 9.59 Å². The molecule has 0 radical (unpaired) electrons. The number of anilines is 1. The molecule has 30 heavy (non-hydrogen) atoms. The van der Waals surface area contributed by atoms with Crippen LogP contribution in [0.3, 0.4) is 0 Å². The Balaban J connectivity index is 1.60. The number of piperazine rings is 1. The molecule has 2 amide bonds. The van der Waals surface area contributed by atoms with Gasteiger partial charge in [-0.2, -0.15) is 0 Å². The van der Waals surface area contributed by atoms with E-state index in [0.717, 1.165) is 17.7 Å². The summed E-state index contributed by atoms with van der Waals surface area (Å²) in [5.74, 6) is -2.76. The molecule has 1 heterocycles. The molecular formula is C21H23ClF2N4O2. The van der Waals surface area contributed by atoms with Crippen LogP contribution >= 0.6 is 11.6 Å². The van der Waals surface area contributed by atoms with Crippen LogP contribution in [0.5, 0.6) is 0 Å². The Morgan fingerprint density at radius 1 is 1.00 bits per heavy atom. The summed E-state index contributed by atoms with van der Waals surface area (Å²) in [5.41, 5.74) is 6.60. The van der Waals surface area contributed by atoms with Gasteiger partial charge in [-0.1, -0.05) is 23.7 Å². The Hall–Kier alpha value is -2.55. The zero-order chi connectivity index (χ0) is 21.8. The van der Waals surface area contributed by atoms with Crippen molar-refractivity contribution in [1.29, 1.82) is 0 Å². The molecule has 2 unspecified atom stereocenters. The van der Waals surface area contributed by atoms with E-state index in [-0.39, 0.29) is 11.6 Å². The molecule has 160 valence electrons. The largest absolute Gasteiger partial charge is 0.368 e. The summed E-state index contributed by atoms with van der Waals surface area (Å²) in [4.78, 5) is 28.5. The van der Waals surface area contributed by atoms with Gasteiger partial charge in [0.2, 0.25) is 11.8 Å². The summed E-state index contributed by atoms with van der Waals surface area (Å²) in [6.45, 7) is 3.92. The minimum atomic E-state index is -1.02. The van der Waals surface area contributed by atoms with E-state index in [1.807, 2.05) is 9.80 Å². The number of hydrogen-bond donors (Lipinski definition) is 2. The van der Waals surface area contributed by atoms with Gasteiger partial charge in [0.15, 0.2) is 11.6 Å². The molecule has 0 aliphatic carbocycles. The van der Waals surface area contributed by atoms with Crippen LogP contribution in [0.4, 0.5) is 14.5 Å². The van der Waals surface area contributed by atoms with E-state index in [0.29, 0.717) is 31.2 Å². The third-order valence-electron chi connectivity index (χ3n) is 5.28. The van der Waals surface area contributed by atoms with Gasteiger partial charge in [-0.25, -0.2) is 8.78 Å². The van der Waals surface area contributed by atoms with E-state index in [4.69, 9.17) is 17.3 Å². The number of carbonyl (C=O) groups is 2. The topological polar surface area (TPSA) is 78.7 Å². The zero-order valence-electron chi connectivity index (χ0n) is 16.4. The zero-order valence-corrected chi connectivity index (χ0v) is 17.2. The molecule has 1 aliphatic rings. The monoisotopic (exact) mass is 436 g/mol. The Morgan fingerprint density at radius 3 is 2.17 bits per heavy atom. The van der Waals surface area contributed by atoms with Crippen molar-refractivity contribution in [2.45, 2.75) is 19.0 Å². The molecule has 2 aromatic carbocycles. The third-order valence-corrected chi connectivity index (χ3v) is 5.54. The Bertz CT molecular complexity index is 918. The lowest BCUT2D eigenvalue weighted by Gasteiger charge is -2.40. The van der Waals surface area contributed by atoms with Crippen LogP contribution in [0, 0.1) is 11.6 Å². The number of benzene rings is 2. The minimum absolute atomic E-state index is 0.195. The number of rotatable bonds is 6. The molecule has 6 nitrogen and oxygen atoms in total. The second-order valence-corrected chi connectivity index (χ2v) is 7.66. The van der Waals surface area contributed by atoms with E-state index >= 15 is 0 Å². The van der Waals surface area contributed by atoms with E-state index in [9.17, 15) is 18.4 Å². The number of hydrogen-bond acceptors (Lipinski definition) is 4. The number of nitrogens with two attached hydrogens (primary N) is 1. The molecule has 9 heteroatoms. The average Bonchev–Trinajstić information content (AvgIpc) is 2.72. The first-order valence-electron chi connectivity index (χ1n) is 9.55. The molecule has 0 saturated carbocycles. The molecule has 1 aliphatic heterocycles. The third kappa shape index (κ3) is 5.13. The van der Waals surface area contributed by atoms with Crippen LogP contribution in [-0.4, -0.2) is 53.8 Å². The number of halogens is 3. The highest BCUT2D eigenvalue weighted by Crippen LogP contribution is 2.24. The van der Waals surface area contributed by atoms with Crippen molar-refractivity contribution < 1.29 is 18.4 Å². The Kier molecular flexibility index (Phi) is 7.02. The molecule has 0 bridgehead atoms. The highest BCUT2D eigenvalue weighted by atomic mass is 35.5. The number of primary amides is 1. The van der Waals surface area contributed by atoms with E-state index in [1.165, 1.54) is 6.07 Å². The average molecular weight is 437 g/mol. The lowest BCUT2D eigenvalue weighted by atomic mass is 10.0. The van der Waals surface area contributed by atoms with Gasteiger partial charge in [0.1, 0.15) is 6.04 Å². The van der Waals surface area contributed by atoms with Gasteiger partial charge in [0, 0.05) is 43.0 Å². The van der Waals surface area contributed by atoms with Crippen molar-refractivity contribution in [2.24, 2.45) is 5.73 Å². The van der Waals surface area contributed by atoms with Crippen molar-refractivity contribution in [2.75, 3.05) is 31.5 Å². The maximum Gasteiger partial charge on any atom is 0.241 e. The highest BCUT2D eigenvalue weighted by Gasteiger charge is 2.32. The standard InChI is InChI=1S/C21H23ClF2N4O2/c1-13(21(30)26-16-6-7-17(23)18(24)12-16)27-8-10-28(11-9-27)19(20(25)29)14-2-4-15(22)5-3-14/h2-7,12-13,19H,8-11H2,1H3,(H2,25,29)(H,26,30). The Morgan fingerprint density at radius 2 is 1.60 bits per heavy atom. The first-order chi connectivity index (χ1) is 14.3. The van der Waals surface area contributed by atoms with Gasteiger partial charge in [-0.15, -0.1) is 0 Å². The van der Waals surface area contributed by atoms with Gasteiger partial charge in [-0.3, -0.25) is 19.4 Å². The molecule has 0 aromatic heterocycles. The van der Waals surface area contributed by atoms with Crippen LogP contribution in [0.2, 0.25) is 5.02 Å². The van der Waals surface area contributed by atoms with Gasteiger partial charge in [-0.05, 0) is 36.8 Å². The van der Waals surface area contributed by atoms with E-state index in [2.05, 4.69) is 5.32 Å². The van der Waals surface area contributed by atoms with E-state index in [1.54, 1.807) is 31.2 Å². The van der Waals surface area contributed by atoms with Crippen molar-refractivity contribution in [3.8, 4) is 0 Å². The SMILES string of the molecule is CC(C(=O)Nc1ccc(F)c(F)c1)N1CCN(C(C(N)=O)c2ccc(Cl)cc2)CC1. The fourth-order valence-electron chi connectivity index (χ4n) is 3.57. The Labute approximate surface area is 178 Å². The summed E-state index contributed by atoms with van der Waals surface area (Å²) in [6, 6.07) is 9.16. The summed E-state index contributed by atoms with van der Waals surface area (Å²) < 4.78 is 26.4. The first kappa shape index (κ1) is 22.1. The highest BCUT2D eigenvalue weighted by molar-refractivity contribution is 6.30. The summed E-state index contributed by atoms with van der Waals surface area (Å²) >= 11 is 5.93. The summed E-state index contributed by atoms with van der Waals surface area (Å²) in [6.07, 6.45) is 0. The molecule has 2 aromatic rings. The second-order valence-electron chi connectivity index (χ2n) is 7.22. The van der Waals surface area contributed by atoms with Crippen molar-refractivity contribution >= 4 is 29.1 Å². The maximum atomic E-state index is 13.3. The number of nitrogens with zero attached hydrogens (tertiary/aromatic N) is 2. The quantitative estimate of drug-likeness (QED) is 0.730. The molecule has 2 atom stereocenters. The van der Waals surface area contributed by atoms with Crippen LogP contribution in [0.25, 0.3) is 0 Å². The molecule has 3 rings (SSSR count). The van der Waals surface area contributed by atoms with Gasteiger partial charge in [0.25, 0.3) is 0 Å². The number of amides is 2. The fraction of sp³-hybridized carbons (Fsp3) is 0.333. The van der Waals surface area contributed by atoms with Crippen molar-refractivity contribution in [3.05, 3.63) is 64.7 Å². The fourth-order valence-corrected chi connectivity index (χ4v) is 3.70. The van der Waals surface area contributed by atoms with Crippen LogP contribution < -0.4 is 11.1 Å². The van der Waals surface area contributed by atoms with Crippen LogP contribution in [0.15, 0.2) is 42.5 Å². The van der Waals surface area contributed by atoms with Gasteiger partial charge in [0.05, 0.1) is 6.04 Å². The van der Waals surface area contributed by atoms with Crippen molar-refractivity contribution in [1.82, 2.24) is 9.80 Å². The summed E-state index contributed by atoms with van der Waals surface area (Å²) in [5, 5.41) is 3.18. The normalized spacial score (nSPS) is 17.3. The molecule has 0 spiro atoms. The predicted molar refractivity (Wildman–Crippen MR) is 111 cm³/mol. The van der Waals surface area contributed by atoms with Gasteiger partial charge < -0.3 is 11.1 Å². The maximum absolute atomic E-state index is 13.3. The smallest absolute Gasteiger partial charge is 0.241 e. The molecular weight excluding hydrogens is 414 g/mol.